The summed E-state index contributed by atoms with van der Waals surface area (Å²) in [6.45, 7) is 10.1. The molecule has 1 aliphatic rings. The van der Waals surface area contributed by atoms with Crippen molar-refractivity contribution in [2.45, 2.75) is 44.0 Å². The molecule has 33 heavy (non-hydrogen) atoms. The van der Waals surface area contributed by atoms with Crippen molar-refractivity contribution in [3.05, 3.63) is 59.7 Å². The van der Waals surface area contributed by atoms with Gasteiger partial charge in [-0.1, -0.05) is 18.2 Å². The van der Waals surface area contributed by atoms with Gasteiger partial charge < -0.3 is 15.0 Å². The van der Waals surface area contributed by atoms with Crippen molar-refractivity contribution in [1.29, 1.82) is 0 Å². The second kappa shape index (κ2) is 9.37. The first-order valence-electron chi connectivity index (χ1n) is 11.1. The van der Waals surface area contributed by atoms with Crippen LogP contribution >= 0.6 is 11.3 Å². The second-order valence-electron chi connectivity index (χ2n) is 8.75. The molecular formula is C25H31N3O3S2. The van der Waals surface area contributed by atoms with E-state index >= 15 is 0 Å². The number of hydrogen-bond acceptors (Lipinski definition) is 6. The van der Waals surface area contributed by atoms with E-state index in [0.29, 0.717) is 23.5 Å². The van der Waals surface area contributed by atoms with Crippen molar-refractivity contribution in [3.63, 3.8) is 0 Å². The Morgan fingerprint density at radius 3 is 2.33 bits per heavy atom. The van der Waals surface area contributed by atoms with Crippen LogP contribution in [0, 0.1) is 13.8 Å². The number of benzene rings is 2. The number of methoxy groups -OCH3 is 1. The van der Waals surface area contributed by atoms with Gasteiger partial charge in [0.25, 0.3) is 10.0 Å². The third-order valence-electron chi connectivity index (χ3n) is 5.92. The molecule has 2 unspecified atom stereocenters. The van der Waals surface area contributed by atoms with E-state index in [1.807, 2.05) is 56.3 Å². The molecular weight excluding hydrogens is 454 g/mol. The molecule has 2 heterocycles. The summed E-state index contributed by atoms with van der Waals surface area (Å²) in [5.74, 6) is 0.491. The van der Waals surface area contributed by atoms with Crippen LogP contribution in [0.25, 0.3) is 10.4 Å². The summed E-state index contributed by atoms with van der Waals surface area (Å²) in [6, 6.07) is 16.0. The molecule has 4 rings (SSSR count). The Morgan fingerprint density at radius 1 is 1.03 bits per heavy atom. The minimum absolute atomic E-state index is 0.275. The summed E-state index contributed by atoms with van der Waals surface area (Å²) in [7, 11) is -2.22. The largest absolute Gasteiger partial charge is 0.495 e. The van der Waals surface area contributed by atoms with E-state index in [4.69, 9.17) is 4.74 Å². The monoisotopic (exact) mass is 485 g/mol. The van der Waals surface area contributed by atoms with Crippen LogP contribution in [0.3, 0.4) is 0 Å². The van der Waals surface area contributed by atoms with Crippen molar-refractivity contribution in [1.82, 2.24) is 5.32 Å². The average molecular weight is 486 g/mol. The molecule has 2 aromatic carbocycles. The van der Waals surface area contributed by atoms with Gasteiger partial charge >= 0.3 is 0 Å². The lowest BCUT2D eigenvalue weighted by molar-refractivity contribution is 0.406. The highest BCUT2D eigenvalue weighted by Crippen LogP contribution is 2.37. The van der Waals surface area contributed by atoms with Gasteiger partial charge in [0.2, 0.25) is 0 Å². The molecule has 1 fully saturated rings. The lowest BCUT2D eigenvalue weighted by Crippen LogP contribution is -2.54. The lowest BCUT2D eigenvalue weighted by atomic mass is 10.0. The first-order valence-corrected chi connectivity index (χ1v) is 13.4. The van der Waals surface area contributed by atoms with Crippen molar-refractivity contribution in [2.75, 3.05) is 29.8 Å². The molecule has 0 radical (unpaired) electrons. The molecule has 176 valence electrons. The zero-order valence-electron chi connectivity index (χ0n) is 19.7. The maximum Gasteiger partial charge on any atom is 0.271 e. The zero-order valence-corrected chi connectivity index (χ0v) is 21.3. The van der Waals surface area contributed by atoms with Gasteiger partial charge in [0.05, 0.1) is 12.8 Å². The van der Waals surface area contributed by atoms with Crippen LogP contribution in [-0.4, -0.2) is 40.7 Å². The van der Waals surface area contributed by atoms with E-state index in [1.165, 1.54) is 11.3 Å². The Labute approximate surface area is 200 Å². The molecule has 0 spiro atoms. The van der Waals surface area contributed by atoms with E-state index in [2.05, 4.69) is 28.8 Å². The van der Waals surface area contributed by atoms with E-state index in [1.54, 1.807) is 13.2 Å². The molecule has 0 aliphatic carbocycles. The van der Waals surface area contributed by atoms with Crippen molar-refractivity contribution >= 4 is 32.7 Å². The Morgan fingerprint density at radius 2 is 1.70 bits per heavy atom. The van der Waals surface area contributed by atoms with Crippen LogP contribution in [0.2, 0.25) is 0 Å². The third-order valence-corrected chi connectivity index (χ3v) is 8.88. The minimum Gasteiger partial charge on any atom is -0.495 e. The van der Waals surface area contributed by atoms with Crippen LogP contribution in [0.1, 0.15) is 25.0 Å². The number of rotatable bonds is 6. The smallest absolute Gasteiger partial charge is 0.271 e. The zero-order chi connectivity index (χ0) is 23.8. The third kappa shape index (κ3) is 5.03. The lowest BCUT2D eigenvalue weighted by Gasteiger charge is -2.38. The van der Waals surface area contributed by atoms with Crippen LogP contribution in [0.5, 0.6) is 5.75 Å². The Hall–Kier alpha value is -2.55. The van der Waals surface area contributed by atoms with Gasteiger partial charge in [-0.3, -0.25) is 4.72 Å². The number of anilines is 2. The van der Waals surface area contributed by atoms with E-state index in [-0.39, 0.29) is 4.21 Å². The van der Waals surface area contributed by atoms with E-state index in [0.717, 1.165) is 40.3 Å². The quantitative estimate of drug-likeness (QED) is 0.513. The number of piperazine rings is 1. The summed E-state index contributed by atoms with van der Waals surface area (Å²) >= 11 is 1.28. The molecule has 1 aromatic heterocycles. The number of nitrogens with one attached hydrogen (secondary N) is 2. The van der Waals surface area contributed by atoms with Crippen molar-refractivity contribution < 1.29 is 13.2 Å². The highest BCUT2D eigenvalue weighted by Gasteiger charge is 2.24. The molecule has 6 nitrogen and oxygen atoms in total. The van der Waals surface area contributed by atoms with Gasteiger partial charge in [-0.25, -0.2) is 8.42 Å². The topological polar surface area (TPSA) is 70.7 Å². The summed E-state index contributed by atoms with van der Waals surface area (Å²) in [4.78, 5) is 3.21. The molecule has 2 N–H and O–H groups in total. The maximum absolute atomic E-state index is 13.3. The molecule has 2 atom stereocenters. The average Bonchev–Trinajstić information content (AvgIpc) is 3.23. The van der Waals surface area contributed by atoms with Crippen LogP contribution in [-0.2, 0) is 10.0 Å². The molecule has 1 aliphatic heterocycles. The molecule has 3 aromatic rings. The number of thiophene rings is 1. The number of aryl methyl sites for hydroxylation is 2. The second-order valence-corrected chi connectivity index (χ2v) is 11.7. The van der Waals surface area contributed by atoms with Crippen LogP contribution in [0.4, 0.5) is 11.4 Å². The fraction of sp³-hybridized carbons (Fsp3) is 0.360. The maximum atomic E-state index is 13.3. The fourth-order valence-corrected chi connectivity index (χ4v) is 7.05. The SMILES string of the molecule is COc1ccc(N2CC(C)NC(C)C2)cc1NS(=O)(=O)c1ccc(-c2c(C)cccc2C)s1. The van der Waals surface area contributed by atoms with Gasteiger partial charge in [-0.2, -0.15) is 0 Å². The van der Waals surface area contributed by atoms with Crippen LogP contribution < -0.4 is 19.7 Å². The number of nitrogens with zero attached hydrogens (tertiary/aromatic N) is 1. The number of hydrogen-bond donors (Lipinski definition) is 2. The van der Waals surface area contributed by atoms with Crippen molar-refractivity contribution in [3.8, 4) is 16.2 Å². The predicted molar refractivity (Wildman–Crippen MR) is 137 cm³/mol. The first kappa shape index (κ1) is 23.6. The predicted octanol–water partition coefficient (Wildman–Crippen LogP) is 5.03. The summed E-state index contributed by atoms with van der Waals surface area (Å²) in [5.41, 5.74) is 4.75. The molecule has 0 amide bonds. The van der Waals surface area contributed by atoms with E-state index < -0.39 is 10.0 Å². The normalized spacial score (nSPS) is 18.9. The highest BCUT2D eigenvalue weighted by molar-refractivity contribution is 7.94. The van der Waals surface area contributed by atoms with Gasteiger partial charge in [-0.15, -0.1) is 11.3 Å². The standard InChI is InChI=1S/C25H31N3O3S2/c1-16-7-6-8-17(2)25(16)23-11-12-24(32-23)33(29,30)27-21-13-20(9-10-22(21)31-5)28-14-18(3)26-19(4)15-28/h6-13,18-19,26-27H,14-15H2,1-5H3. The Kier molecular flexibility index (Phi) is 6.70. The number of sulfonamides is 1. The fourth-order valence-electron chi connectivity index (χ4n) is 4.51. The summed E-state index contributed by atoms with van der Waals surface area (Å²) in [5, 5.41) is 3.52. The minimum atomic E-state index is -3.77. The number of ether oxygens (including phenoxy) is 1. The highest BCUT2D eigenvalue weighted by atomic mass is 32.2. The van der Waals surface area contributed by atoms with Gasteiger partial charge in [0.1, 0.15) is 9.96 Å². The van der Waals surface area contributed by atoms with Crippen LogP contribution in [0.15, 0.2) is 52.7 Å². The summed E-state index contributed by atoms with van der Waals surface area (Å²) < 4.78 is 35.1. The molecule has 1 saturated heterocycles. The van der Waals surface area contributed by atoms with Gasteiger partial charge in [-0.05, 0) is 74.7 Å². The van der Waals surface area contributed by atoms with Crippen molar-refractivity contribution in [2.24, 2.45) is 0 Å². The van der Waals surface area contributed by atoms with Gasteiger partial charge in [0, 0.05) is 35.7 Å². The van der Waals surface area contributed by atoms with E-state index in [9.17, 15) is 8.42 Å². The first-order chi connectivity index (χ1) is 15.7. The molecule has 0 bridgehead atoms. The Balaban J connectivity index is 1.64. The Bertz CT molecular complexity index is 1220. The molecule has 0 saturated carbocycles. The van der Waals surface area contributed by atoms with Gasteiger partial charge in [0.15, 0.2) is 0 Å². The summed E-state index contributed by atoms with van der Waals surface area (Å²) in [6.07, 6.45) is 0. The molecule has 8 heteroatoms.